The second-order valence-electron chi connectivity index (χ2n) is 8.39. The van der Waals surface area contributed by atoms with Crippen molar-refractivity contribution in [2.75, 3.05) is 10.0 Å². The molecule has 0 unspecified atom stereocenters. The first-order valence-electron chi connectivity index (χ1n) is 9.85. The van der Waals surface area contributed by atoms with Crippen LogP contribution in [-0.2, 0) is 21.7 Å². The Morgan fingerprint density at radius 2 is 1.64 bits per heavy atom. The van der Waals surface area contributed by atoms with E-state index in [1.807, 2.05) is 20.8 Å². The van der Waals surface area contributed by atoms with Gasteiger partial charge in [-0.2, -0.15) is 18.3 Å². The molecule has 0 saturated carbocycles. The summed E-state index contributed by atoms with van der Waals surface area (Å²) in [4.78, 5) is 12.5. The van der Waals surface area contributed by atoms with E-state index in [1.165, 1.54) is 36.5 Å². The third-order valence-corrected chi connectivity index (χ3v) is 6.11. The molecular formula is C22H23F3N4O3S. The highest BCUT2D eigenvalue weighted by Crippen LogP contribution is 2.31. The number of sulfonamides is 1. The molecule has 0 saturated heterocycles. The Morgan fingerprint density at radius 3 is 2.24 bits per heavy atom. The zero-order valence-electron chi connectivity index (χ0n) is 18.4. The minimum atomic E-state index is -4.61. The molecule has 0 atom stereocenters. The van der Waals surface area contributed by atoms with Crippen LogP contribution < -0.4 is 10.0 Å². The number of alkyl halides is 3. The van der Waals surface area contributed by atoms with Crippen LogP contribution in [0.15, 0.2) is 59.6 Å². The summed E-state index contributed by atoms with van der Waals surface area (Å²) in [7, 11) is -4.21. The molecule has 0 radical (unpaired) electrons. The number of hydrogen-bond acceptors (Lipinski definition) is 4. The van der Waals surface area contributed by atoms with Crippen molar-refractivity contribution in [2.24, 2.45) is 0 Å². The van der Waals surface area contributed by atoms with Crippen LogP contribution in [0.25, 0.3) is 0 Å². The molecule has 1 aromatic heterocycles. The fourth-order valence-corrected chi connectivity index (χ4v) is 4.32. The Kier molecular flexibility index (Phi) is 6.29. The molecule has 176 valence electrons. The van der Waals surface area contributed by atoms with E-state index in [0.29, 0.717) is 17.3 Å². The van der Waals surface area contributed by atoms with Crippen molar-refractivity contribution in [3.05, 3.63) is 71.5 Å². The maximum atomic E-state index is 12.9. The number of carbonyl (C=O) groups is 1. The standard InChI is InChI=1S/C22H23F3N4O3S/c1-14-19(13-26-29(14)21(2,3)4)20(30)27-16-8-6-10-18(12-16)33(31,32)28-17-9-5-7-15(11-17)22(23,24)25/h5-13,28H,1-4H3,(H,27,30). The summed E-state index contributed by atoms with van der Waals surface area (Å²) in [5.74, 6) is -0.469. The summed E-state index contributed by atoms with van der Waals surface area (Å²) in [6.07, 6.45) is -3.17. The summed E-state index contributed by atoms with van der Waals surface area (Å²) in [6, 6.07) is 9.29. The number of nitrogens with one attached hydrogen (secondary N) is 2. The number of anilines is 2. The summed E-state index contributed by atoms with van der Waals surface area (Å²) in [6.45, 7) is 7.59. The van der Waals surface area contributed by atoms with Crippen molar-refractivity contribution in [3.63, 3.8) is 0 Å². The Labute approximate surface area is 189 Å². The lowest BCUT2D eigenvalue weighted by molar-refractivity contribution is -0.137. The molecule has 0 aliphatic rings. The van der Waals surface area contributed by atoms with E-state index >= 15 is 0 Å². The molecule has 0 aliphatic heterocycles. The molecule has 11 heteroatoms. The maximum Gasteiger partial charge on any atom is 0.416 e. The molecular weight excluding hydrogens is 457 g/mol. The van der Waals surface area contributed by atoms with Gasteiger partial charge in [0.25, 0.3) is 15.9 Å². The quantitative estimate of drug-likeness (QED) is 0.536. The van der Waals surface area contributed by atoms with Gasteiger partial charge >= 0.3 is 6.18 Å². The first kappa shape index (κ1) is 24.3. The van der Waals surface area contributed by atoms with Crippen molar-refractivity contribution in [2.45, 2.75) is 44.3 Å². The fraction of sp³-hybridized carbons (Fsp3) is 0.273. The summed E-state index contributed by atoms with van der Waals surface area (Å²) >= 11 is 0. The predicted octanol–water partition coefficient (Wildman–Crippen LogP) is 5.02. The minimum absolute atomic E-state index is 0.204. The Bertz CT molecular complexity index is 1290. The maximum absolute atomic E-state index is 12.9. The molecule has 0 spiro atoms. The van der Waals surface area contributed by atoms with Crippen molar-refractivity contribution >= 4 is 27.3 Å². The average Bonchev–Trinajstić information content (AvgIpc) is 3.09. The Hall–Kier alpha value is -3.34. The molecule has 0 fully saturated rings. The second-order valence-corrected chi connectivity index (χ2v) is 10.1. The van der Waals surface area contributed by atoms with Gasteiger partial charge in [0.05, 0.1) is 27.8 Å². The van der Waals surface area contributed by atoms with Crippen molar-refractivity contribution in [1.82, 2.24) is 9.78 Å². The molecule has 2 N–H and O–H groups in total. The monoisotopic (exact) mass is 480 g/mol. The van der Waals surface area contributed by atoms with Crippen LogP contribution in [0.1, 0.15) is 42.4 Å². The predicted molar refractivity (Wildman–Crippen MR) is 119 cm³/mol. The normalized spacial score (nSPS) is 12.5. The third kappa shape index (κ3) is 5.54. The summed E-state index contributed by atoms with van der Waals surface area (Å²) in [5.41, 5.74) is -0.351. The lowest BCUT2D eigenvalue weighted by atomic mass is 10.1. The third-order valence-electron chi connectivity index (χ3n) is 4.73. The molecule has 0 aliphatic carbocycles. The first-order chi connectivity index (χ1) is 15.2. The highest BCUT2D eigenvalue weighted by molar-refractivity contribution is 7.92. The van der Waals surface area contributed by atoms with Crippen LogP contribution in [0.3, 0.4) is 0 Å². The number of amides is 1. The van der Waals surface area contributed by atoms with Gasteiger partial charge in [-0.05, 0) is 64.1 Å². The van der Waals surface area contributed by atoms with E-state index in [9.17, 15) is 26.4 Å². The van der Waals surface area contributed by atoms with E-state index in [-0.39, 0.29) is 21.8 Å². The van der Waals surface area contributed by atoms with Gasteiger partial charge in [0.1, 0.15) is 0 Å². The van der Waals surface area contributed by atoms with Gasteiger partial charge in [0, 0.05) is 17.1 Å². The van der Waals surface area contributed by atoms with Gasteiger partial charge < -0.3 is 5.32 Å². The topological polar surface area (TPSA) is 93.1 Å². The number of aromatic nitrogens is 2. The SMILES string of the molecule is Cc1c(C(=O)Nc2cccc(S(=O)(=O)Nc3cccc(C(F)(F)F)c3)c2)cnn1C(C)(C)C. The van der Waals surface area contributed by atoms with E-state index in [2.05, 4.69) is 15.1 Å². The fourth-order valence-electron chi connectivity index (χ4n) is 3.22. The molecule has 1 heterocycles. The number of nitrogens with zero attached hydrogens (tertiary/aromatic N) is 2. The van der Waals surface area contributed by atoms with Crippen LogP contribution in [-0.4, -0.2) is 24.1 Å². The Morgan fingerprint density at radius 1 is 1.00 bits per heavy atom. The number of rotatable bonds is 5. The van der Waals surface area contributed by atoms with Crippen LogP contribution in [0.4, 0.5) is 24.5 Å². The van der Waals surface area contributed by atoms with Crippen molar-refractivity contribution in [3.8, 4) is 0 Å². The lowest BCUT2D eigenvalue weighted by Crippen LogP contribution is -2.25. The van der Waals surface area contributed by atoms with Gasteiger partial charge in [0.15, 0.2) is 0 Å². The molecule has 3 rings (SSSR count). The molecule has 1 amide bonds. The lowest BCUT2D eigenvalue weighted by Gasteiger charge is -2.21. The Balaban J connectivity index is 1.82. The second kappa shape index (κ2) is 8.54. The molecule has 7 nitrogen and oxygen atoms in total. The van der Waals surface area contributed by atoms with E-state index in [0.717, 1.165) is 12.1 Å². The zero-order valence-corrected chi connectivity index (χ0v) is 19.2. The average molecular weight is 481 g/mol. The van der Waals surface area contributed by atoms with Crippen LogP contribution in [0.5, 0.6) is 0 Å². The molecule has 2 aromatic carbocycles. The highest BCUT2D eigenvalue weighted by Gasteiger charge is 2.31. The molecule has 33 heavy (non-hydrogen) atoms. The summed E-state index contributed by atoms with van der Waals surface area (Å²) in [5, 5.41) is 6.88. The smallest absolute Gasteiger partial charge is 0.322 e. The van der Waals surface area contributed by atoms with Gasteiger partial charge in [-0.15, -0.1) is 0 Å². The largest absolute Gasteiger partial charge is 0.416 e. The first-order valence-corrected chi connectivity index (χ1v) is 11.3. The molecule has 0 bridgehead atoms. The van der Waals surface area contributed by atoms with Crippen LogP contribution >= 0.6 is 0 Å². The highest BCUT2D eigenvalue weighted by atomic mass is 32.2. The van der Waals surface area contributed by atoms with Crippen LogP contribution in [0.2, 0.25) is 0 Å². The van der Waals surface area contributed by atoms with E-state index in [4.69, 9.17) is 0 Å². The van der Waals surface area contributed by atoms with Gasteiger partial charge in [0.2, 0.25) is 0 Å². The van der Waals surface area contributed by atoms with Gasteiger partial charge in [-0.25, -0.2) is 8.42 Å². The van der Waals surface area contributed by atoms with Crippen molar-refractivity contribution in [1.29, 1.82) is 0 Å². The minimum Gasteiger partial charge on any atom is -0.322 e. The van der Waals surface area contributed by atoms with Gasteiger partial charge in [-0.3, -0.25) is 14.2 Å². The van der Waals surface area contributed by atoms with E-state index in [1.54, 1.807) is 11.6 Å². The summed E-state index contributed by atoms with van der Waals surface area (Å²) < 4.78 is 68.0. The molecule has 3 aromatic rings. The number of benzene rings is 2. The zero-order chi connectivity index (χ0) is 24.6. The van der Waals surface area contributed by atoms with Crippen LogP contribution in [0, 0.1) is 6.92 Å². The van der Waals surface area contributed by atoms with Gasteiger partial charge in [-0.1, -0.05) is 12.1 Å². The number of hydrogen-bond donors (Lipinski definition) is 2. The van der Waals surface area contributed by atoms with E-state index < -0.39 is 27.7 Å². The number of halogens is 3. The number of carbonyl (C=O) groups excluding carboxylic acids is 1. The van der Waals surface area contributed by atoms with Crippen molar-refractivity contribution < 1.29 is 26.4 Å².